The summed E-state index contributed by atoms with van der Waals surface area (Å²) in [7, 11) is 0. The number of ether oxygens (including phenoxy) is 1. The Hall–Kier alpha value is -3.54. The van der Waals surface area contributed by atoms with Crippen molar-refractivity contribution in [3.63, 3.8) is 0 Å². The maximum Gasteiger partial charge on any atom is 0.345 e. The van der Waals surface area contributed by atoms with Crippen molar-refractivity contribution in [3.05, 3.63) is 84.7 Å². The SMILES string of the molecule is CC(c1ccccc1)C(Oc1ccc(N2CCN(c3ccncc3)CC2)cc1)C(=O)O. The highest BCUT2D eigenvalue weighted by atomic mass is 16.5. The number of pyridine rings is 1. The maximum absolute atomic E-state index is 11.8. The maximum atomic E-state index is 11.8. The van der Waals surface area contributed by atoms with E-state index in [0.29, 0.717) is 5.75 Å². The molecule has 160 valence electrons. The molecule has 2 heterocycles. The fourth-order valence-electron chi connectivity index (χ4n) is 3.96. The van der Waals surface area contributed by atoms with E-state index in [4.69, 9.17) is 4.74 Å². The van der Waals surface area contributed by atoms with E-state index in [-0.39, 0.29) is 5.92 Å². The molecule has 1 fully saturated rings. The Bertz CT molecular complexity index is 972. The van der Waals surface area contributed by atoms with Crippen molar-refractivity contribution in [1.82, 2.24) is 4.98 Å². The molecule has 2 unspecified atom stereocenters. The average Bonchev–Trinajstić information content (AvgIpc) is 2.83. The second kappa shape index (κ2) is 9.51. The van der Waals surface area contributed by atoms with Crippen molar-refractivity contribution in [1.29, 1.82) is 0 Å². The van der Waals surface area contributed by atoms with E-state index in [1.807, 2.05) is 86.0 Å². The minimum absolute atomic E-state index is 0.264. The molecule has 1 aromatic heterocycles. The van der Waals surface area contributed by atoms with E-state index in [1.165, 1.54) is 5.69 Å². The molecule has 2 aromatic carbocycles. The van der Waals surface area contributed by atoms with E-state index in [9.17, 15) is 9.90 Å². The summed E-state index contributed by atoms with van der Waals surface area (Å²) in [6.07, 6.45) is 2.70. The van der Waals surface area contributed by atoms with E-state index >= 15 is 0 Å². The molecule has 3 aromatic rings. The van der Waals surface area contributed by atoms with Crippen LogP contribution in [0.15, 0.2) is 79.1 Å². The minimum Gasteiger partial charge on any atom is -0.478 e. The number of benzene rings is 2. The number of aromatic nitrogens is 1. The first kappa shape index (κ1) is 20.7. The third-order valence-corrected chi connectivity index (χ3v) is 5.80. The van der Waals surface area contributed by atoms with Crippen LogP contribution in [-0.4, -0.2) is 48.3 Å². The van der Waals surface area contributed by atoms with E-state index in [1.54, 1.807) is 0 Å². The third-order valence-electron chi connectivity index (χ3n) is 5.80. The summed E-state index contributed by atoms with van der Waals surface area (Å²) in [5.41, 5.74) is 3.26. The molecule has 6 nitrogen and oxygen atoms in total. The topological polar surface area (TPSA) is 65.9 Å². The molecule has 31 heavy (non-hydrogen) atoms. The molecule has 2 atom stereocenters. The highest BCUT2D eigenvalue weighted by Gasteiger charge is 2.28. The second-order valence-corrected chi connectivity index (χ2v) is 7.75. The van der Waals surface area contributed by atoms with Gasteiger partial charge in [0, 0.05) is 55.9 Å². The number of rotatable bonds is 7. The molecular weight excluding hydrogens is 390 g/mol. The van der Waals surface area contributed by atoms with Crippen LogP contribution in [0.3, 0.4) is 0 Å². The number of carbonyl (C=O) groups is 1. The second-order valence-electron chi connectivity index (χ2n) is 7.75. The Balaban J connectivity index is 1.38. The normalized spacial score (nSPS) is 15.9. The number of hydrogen-bond donors (Lipinski definition) is 1. The molecule has 1 aliphatic rings. The van der Waals surface area contributed by atoms with Gasteiger partial charge in [-0.15, -0.1) is 0 Å². The summed E-state index contributed by atoms with van der Waals surface area (Å²) in [5.74, 6) is -0.665. The zero-order chi connectivity index (χ0) is 21.6. The van der Waals surface area contributed by atoms with Gasteiger partial charge in [-0.05, 0) is 42.0 Å². The quantitative estimate of drug-likeness (QED) is 0.626. The smallest absolute Gasteiger partial charge is 0.345 e. The Labute approximate surface area is 182 Å². The molecule has 0 amide bonds. The molecule has 0 saturated carbocycles. The lowest BCUT2D eigenvalue weighted by molar-refractivity contribution is -0.146. The first-order chi connectivity index (χ1) is 15.1. The van der Waals surface area contributed by atoms with E-state index in [0.717, 1.165) is 37.4 Å². The molecule has 1 N–H and O–H groups in total. The van der Waals surface area contributed by atoms with Gasteiger partial charge in [0.15, 0.2) is 0 Å². The number of nitrogens with zero attached hydrogens (tertiary/aromatic N) is 3. The van der Waals surface area contributed by atoms with Gasteiger partial charge < -0.3 is 19.6 Å². The van der Waals surface area contributed by atoms with Crippen molar-refractivity contribution in [3.8, 4) is 5.75 Å². The molecular formula is C25H27N3O3. The molecule has 6 heteroatoms. The predicted molar refractivity (Wildman–Crippen MR) is 122 cm³/mol. The Kier molecular flexibility index (Phi) is 6.36. The number of carboxylic acid groups (broad SMARTS) is 1. The number of piperazine rings is 1. The molecule has 4 rings (SSSR count). The molecule has 0 aliphatic carbocycles. The van der Waals surface area contributed by atoms with Crippen molar-refractivity contribution in [2.45, 2.75) is 18.9 Å². The van der Waals surface area contributed by atoms with Gasteiger partial charge in [-0.2, -0.15) is 0 Å². The minimum atomic E-state index is -0.965. The number of hydrogen-bond acceptors (Lipinski definition) is 5. The van der Waals surface area contributed by atoms with Gasteiger partial charge in [-0.25, -0.2) is 4.79 Å². The van der Waals surface area contributed by atoms with Gasteiger partial charge in [-0.1, -0.05) is 37.3 Å². The molecule has 1 aliphatic heterocycles. The summed E-state index contributed by atoms with van der Waals surface area (Å²) in [6.45, 7) is 5.61. The highest BCUT2D eigenvalue weighted by molar-refractivity contribution is 5.74. The summed E-state index contributed by atoms with van der Waals surface area (Å²) < 4.78 is 5.88. The fourth-order valence-corrected chi connectivity index (χ4v) is 3.96. The lowest BCUT2D eigenvalue weighted by Gasteiger charge is -2.37. The van der Waals surface area contributed by atoms with Crippen LogP contribution < -0.4 is 14.5 Å². The van der Waals surface area contributed by atoms with Crippen LogP contribution in [0.5, 0.6) is 5.75 Å². The van der Waals surface area contributed by atoms with E-state index < -0.39 is 12.1 Å². The first-order valence-corrected chi connectivity index (χ1v) is 10.6. The van der Waals surface area contributed by atoms with Crippen LogP contribution in [0, 0.1) is 0 Å². The molecule has 0 bridgehead atoms. The van der Waals surface area contributed by atoms with Crippen LogP contribution in [0.2, 0.25) is 0 Å². The number of carboxylic acids is 1. The first-order valence-electron chi connectivity index (χ1n) is 10.6. The molecule has 0 radical (unpaired) electrons. The van der Waals surface area contributed by atoms with Gasteiger partial charge in [-0.3, -0.25) is 4.98 Å². The largest absolute Gasteiger partial charge is 0.478 e. The van der Waals surface area contributed by atoms with Crippen molar-refractivity contribution in [2.75, 3.05) is 36.0 Å². The van der Waals surface area contributed by atoms with Crippen LogP contribution in [0.25, 0.3) is 0 Å². The van der Waals surface area contributed by atoms with Gasteiger partial charge in [0.1, 0.15) is 5.75 Å². The molecule has 0 spiro atoms. The monoisotopic (exact) mass is 417 g/mol. The van der Waals surface area contributed by atoms with Gasteiger partial charge in [0.25, 0.3) is 0 Å². The van der Waals surface area contributed by atoms with Crippen LogP contribution in [0.1, 0.15) is 18.4 Å². The Morgan fingerprint density at radius 2 is 1.42 bits per heavy atom. The summed E-state index contributed by atoms with van der Waals surface area (Å²) in [4.78, 5) is 20.6. The van der Waals surface area contributed by atoms with Gasteiger partial charge in [0.05, 0.1) is 0 Å². The lowest BCUT2D eigenvalue weighted by atomic mass is 9.95. The fraction of sp³-hybridized carbons (Fsp3) is 0.280. The Morgan fingerprint density at radius 3 is 1.97 bits per heavy atom. The van der Waals surface area contributed by atoms with Crippen LogP contribution in [0.4, 0.5) is 11.4 Å². The van der Waals surface area contributed by atoms with Gasteiger partial charge >= 0.3 is 5.97 Å². The summed E-state index contributed by atoms with van der Waals surface area (Å²) in [6, 6.07) is 21.4. The summed E-state index contributed by atoms with van der Waals surface area (Å²) >= 11 is 0. The van der Waals surface area contributed by atoms with Crippen molar-refractivity contribution >= 4 is 17.3 Å². The van der Waals surface area contributed by atoms with Crippen LogP contribution in [-0.2, 0) is 4.79 Å². The standard InChI is InChI=1S/C25H27N3O3/c1-19(20-5-3-2-4-6-20)24(25(29)30)31-23-9-7-21(8-10-23)27-15-17-28(18-16-27)22-11-13-26-14-12-22/h2-14,19,24H,15-18H2,1H3,(H,29,30). The zero-order valence-corrected chi connectivity index (χ0v) is 17.6. The van der Waals surface area contributed by atoms with E-state index in [2.05, 4.69) is 14.8 Å². The average molecular weight is 418 g/mol. The summed E-state index contributed by atoms with van der Waals surface area (Å²) in [5, 5.41) is 9.70. The number of aliphatic carboxylic acids is 1. The van der Waals surface area contributed by atoms with Gasteiger partial charge in [0.2, 0.25) is 6.10 Å². The lowest BCUT2D eigenvalue weighted by Crippen LogP contribution is -2.46. The van der Waals surface area contributed by atoms with Crippen molar-refractivity contribution < 1.29 is 14.6 Å². The molecule has 1 saturated heterocycles. The third kappa shape index (κ3) is 4.97. The number of anilines is 2. The predicted octanol–water partition coefficient (Wildman–Crippen LogP) is 4.04. The van der Waals surface area contributed by atoms with Crippen LogP contribution >= 0.6 is 0 Å². The van der Waals surface area contributed by atoms with Crippen molar-refractivity contribution in [2.24, 2.45) is 0 Å². The highest BCUT2D eigenvalue weighted by Crippen LogP contribution is 2.27. The zero-order valence-electron chi connectivity index (χ0n) is 17.6. The Morgan fingerprint density at radius 1 is 0.871 bits per heavy atom.